The largest absolute Gasteiger partial charge is 0.492 e. The molecule has 0 saturated carbocycles. The Morgan fingerprint density at radius 1 is 1.07 bits per heavy atom. The van der Waals surface area contributed by atoms with E-state index in [-0.39, 0.29) is 10.6 Å². The number of nitrogens with zero attached hydrogens (tertiary/aromatic N) is 2. The molecule has 0 aliphatic rings. The maximum Gasteiger partial charge on any atom is 0.287 e. The minimum absolute atomic E-state index is 0.114. The first kappa shape index (κ1) is 19.3. The average Bonchev–Trinajstić information content (AvgIpc) is 2.67. The van der Waals surface area contributed by atoms with Crippen molar-refractivity contribution in [2.75, 3.05) is 11.9 Å². The van der Waals surface area contributed by atoms with Crippen molar-refractivity contribution >= 4 is 28.9 Å². The Labute approximate surface area is 167 Å². The molecule has 0 saturated heterocycles. The molecule has 3 rings (SSSR count). The van der Waals surface area contributed by atoms with Gasteiger partial charge in [0, 0.05) is 11.6 Å². The Balaban J connectivity index is 1.59. The van der Waals surface area contributed by atoms with Crippen molar-refractivity contribution in [2.45, 2.75) is 20.0 Å². The van der Waals surface area contributed by atoms with Gasteiger partial charge in [-0.2, -0.15) is 5.10 Å². The molecule has 0 bridgehead atoms. The summed E-state index contributed by atoms with van der Waals surface area (Å²) in [4.78, 5) is 12.4. The van der Waals surface area contributed by atoms with E-state index in [4.69, 9.17) is 27.9 Å². The van der Waals surface area contributed by atoms with Gasteiger partial charge in [0.25, 0.3) is 5.56 Å². The Kier molecular flexibility index (Phi) is 6.37. The van der Waals surface area contributed by atoms with E-state index in [0.29, 0.717) is 36.2 Å². The molecule has 0 spiro atoms. The van der Waals surface area contributed by atoms with Crippen LogP contribution in [0.5, 0.6) is 5.75 Å². The van der Waals surface area contributed by atoms with Gasteiger partial charge in [0.05, 0.1) is 18.4 Å². The predicted molar refractivity (Wildman–Crippen MR) is 109 cm³/mol. The second-order valence-electron chi connectivity index (χ2n) is 6.04. The monoisotopic (exact) mass is 403 g/mol. The lowest BCUT2D eigenvalue weighted by Gasteiger charge is -2.11. The lowest BCUT2D eigenvalue weighted by Crippen LogP contribution is -2.26. The third-order valence-electron chi connectivity index (χ3n) is 3.97. The number of rotatable bonds is 7. The molecule has 0 unspecified atom stereocenters. The van der Waals surface area contributed by atoms with Crippen LogP contribution in [0.1, 0.15) is 11.1 Å². The van der Waals surface area contributed by atoms with E-state index in [0.717, 1.165) is 5.56 Å². The first-order valence-corrected chi connectivity index (χ1v) is 9.22. The van der Waals surface area contributed by atoms with E-state index >= 15 is 0 Å². The number of hydrogen-bond donors (Lipinski definition) is 1. The van der Waals surface area contributed by atoms with Crippen LogP contribution in [0, 0.1) is 6.92 Å². The van der Waals surface area contributed by atoms with Crippen LogP contribution >= 0.6 is 23.2 Å². The van der Waals surface area contributed by atoms with Crippen LogP contribution in [0.3, 0.4) is 0 Å². The number of ether oxygens (including phenoxy) is 1. The molecule has 0 atom stereocenters. The molecule has 2 aromatic carbocycles. The summed E-state index contributed by atoms with van der Waals surface area (Å²) in [7, 11) is 0. The quantitative estimate of drug-likeness (QED) is 0.628. The van der Waals surface area contributed by atoms with Crippen molar-refractivity contribution in [1.82, 2.24) is 9.78 Å². The second kappa shape index (κ2) is 8.93. The van der Waals surface area contributed by atoms with Crippen molar-refractivity contribution in [3.05, 3.63) is 86.3 Å². The molecule has 0 radical (unpaired) electrons. The van der Waals surface area contributed by atoms with Crippen molar-refractivity contribution in [1.29, 1.82) is 0 Å². The summed E-state index contributed by atoms with van der Waals surface area (Å²) in [6.07, 6.45) is 1.56. The summed E-state index contributed by atoms with van der Waals surface area (Å²) in [6.45, 7) is 3.18. The summed E-state index contributed by atoms with van der Waals surface area (Å²) in [6, 6.07) is 15.1. The SMILES string of the molecule is Cc1ccc(CNc2cnn(CCOc3ccc(Cl)cc3)c(=O)c2Cl)cc1. The molecular formula is C20H19Cl2N3O2. The fourth-order valence-corrected chi connectivity index (χ4v) is 2.77. The first-order chi connectivity index (χ1) is 13.0. The number of anilines is 1. The fraction of sp³-hybridized carbons (Fsp3) is 0.200. The molecule has 27 heavy (non-hydrogen) atoms. The third kappa shape index (κ3) is 5.25. The lowest BCUT2D eigenvalue weighted by atomic mass is 10.1. The minimum atomic E-state index is -0.356. The number of aromatic nitrogens is 2. The minimum Gasteiger partial charge on any atom is -0.492 e. The first-order valence-electron chi connectivity index (χ1n) is 8.46. The summed E-state index contributed by atoms with van der Waals surface area (Å²) in [5, 5.41) is 8.07. The lowest BCUT2D eigenvalue weighted by molar-refractivity contribution is 0.288. The summed E-state index contributed by atoms with van der Waals surface area (Å²) in [5.41, 5.74) is 2.45. The molecule has 140 valence electrons. The van der Waals surface area contributed by atoms with Gasteiger partial charge in [-0.05, 0) is 36.8 Å². The molecule has 7 heteroatoms. The van der Waals surface area contributed by atoms with Gasteiger partial charge in [0.1, 0.15) is 17.4 Å². The summed E-state index contributed by atoms with van der Waals surface area (Å²) in [5.74, 6) is 0.676. The molecule has 0 amide bonds. The van der Waals surface area contributed by atoms with Crippen molar-refractivity contribution in [3.63, 3.8) is 0 Å². The van der Waals surface area contributed by atoms with Gasteiger partial charge in [0.15, 0.2) is 0 Å². The zero-order valence-corrected chi connectivity index (χ0v) is 16.3. The number of halogens is 2. The molecule has 5 nitrogen and oxygen atoms in total. The highest BCUT2D eigenvalue weighted by Gasteiger charge is 2.09. The Bertz CT molecular complexity index is 954. The zero-order valence-electron chi connectivity index (χ0n) is 14.8. The van der Waals surface area contributed by atoms with Gasteiger partial charge in [0.2, 0.25) is 0 Å². The fourth-order valence-electron chi connectivity index (χ4n) is 2.43. The van der Waals surface area contributed by atoms with Gasteiger partial charge in [-0.15, -0.1) is 0 Å². The average molecular weight is 404 g/mol. The van der Waals surface area contributed by atoms with Crippen molar-refractivity contribution in [3.8, 4) is 5.75 Å². The molecule has 0 aliphatic heterocycles. The number of nitrogens with one attached hydrogen (secondary N) is 1. The number of benzene rings is 2. The highest BCUT2D eigenvalue weighted by molar-refractivity contribution is 6.32. The summed E-state index contributed by atoms with van der Waals surface area (Å²) < 4.78 is 6.87. The van der Waals surface area contributed by atoms with Gasteiger partial charge in [-0.25, -0.2) is 4.68 Å². The molecular weight excluding hydrogens is 385 g/mol. The van der Waals surface area contributed by atoms with E-state index in [1.165, 1.54) is 10.2 Å². The molecule has 3 aromatic rings. The highest BCUT2D eigenvalue weighted by atomic mass is 35.5. The van der Waals surface area contributed by atoms with E-state index in [2.05, 4.69) is 10.4 Å². The van der Waals surface area contributed by atoms with E-state index in [9.17, 15) is 4.79 Å². The van der Waals surface area contributed by atoms with E-state index < -0.39 is 0 Å². The third-order valence-corrected chi connectivity index (χ3v) is 4.59. The van der Waals surface area contributed by atoms with Crippen LogP contribution in [-0.4, -0.2) is 16.4 Å². The van der Waals surface area contributed by atoms with Crippen LogP contribution in [0.15, 0.2) is 59.5 Å². The smallest absolute Gasteiger partial charge is 0.287 e. The van der Waals surface area contributed by atoms with Gasteiger partial charge < -0.3 is 10.1 Å². The summed E-state index contributed by atoms with van der Waals surface area (Å²) >= 11 is 12.0. The van der Waals surface area contributed by atoms with E-state index in [1.54, 1.807) is 30.5 Å². The highest BCUT2D eigenvalue weighted by Crippen LogP contribution is 2.17. The van der Waals surface area contributed by atoms with Gasteiger partial charge >= 0.3 is 0 Å². The zero-order chi connectivity index (χ0) is 19.2. The number of hydrogen-bond acceptors (Lipinski definition) is 4. The number of aryl methyl sites for hydroxylation is 1. The van der Waals surface area contributed by atoms with Crippen LogP contribution in [0.4, 0.5) is 5.69 Å². The van der Waals surface area contributed by atoms with Crippen molar-refractivity contribution < 1.29 is 4.74 Å². The Morgan fingerprint density at radius 2 is 1.78 bits per heavy atom. The standard InChI is InChI=1S/C20H19Cl2N3O2/c1-14-2-4-15(5-3-14)12-23-18-13-24-25(20(26)19(18)22)10-11-27-17-8-6-16(21)7-9-17/h2-9,13,23H,10-12H2,1H3. The van der Waals surface area contributed by atoms with Gasteiger partial charge in [-0.1, -0.05) is 53.0 Å². The topological polar surface area (TPSA) is 56.1 Å². The maximum atomic E-state index is 12.4. The predicted octanol–water partition coefficient (Wildman–Crippen LogP) is 4.55. The van der Waals surface area contributed by atoms with Gasteiger partial charge in [-0.3, -0.25) is 4.79 Å². The van der Waals surface area contributed by atoms with Crippen LogP contribution in [0.25, 0.3) is 0 Å². The second-order valence-corrected chi connectivity index (χ2v) is 6.86. The molecule has 0 aliphatic carbocycles. The van der Waals surface area contributed by atoms with Crippen LogP contribution in [0.2, 0.25) is 10.0 Å². The van der Waals surface area contributed by atoms with Crippen LogP contribution in [-0.2, 0) is 13.1 Å². The molecule has 1 heterocycles. The molecule has 1 aromatic heterocycles. The van der Waals surface area contributed by atoms with Crippen molar-refractivity contribution in [2.24, 2.45) is 0 Å². The Morgan fingerprint density at radius 3 is 2.48 bits per heavy atom. The van der Waals surface area contributed by atoms with Crippen LogP contribution < -0.4 is 15.6 Å². The van der Waals surface area contributed by atoms with E-state index in [1.807, 2.05) is 31.2 Å². The normalized spacial score (nSPS) is 10.6. The maximum absolute atomic E-state index is 12.4. The molecule has 0 fully saturated rings. The molecule has 1 N–H and O–H groups in total. The Hall–Kier alpha value is -2.50.